The second kappa shape index (κ2) is 8.58. The van der Waals surface area contributed by atoms with Crippen molar-refractivity contribution in [3.63, 3.8) is 0 Å². The lowest BCUT2D eigenvalue weighted by molar-refractivity contribution is 0.0691. The number of hydrogen-bond acceptors (Lipinski definition) is 6. The molecule has 2 aromatic heterocycles. The van der Waals surface area contributed by atoms with Gasteiger partial charge in [0.1, 0.15) is 5.15 Å². The SMILES string of the molecule is Cc1cc([C@H](C)Nc2ccc(Cl)nc2C(=O)O)c2nc(N3C[C@H](F)[C@@H](F)C3)n(C)c(=O)c2c1. The number of rotatable bonds is 5. The summed E-state index contributed by atoms with van der Waals surface area (Å²) in [7, 11) is 1.52. The molecule has 1 aromatic carbocycles. The molecule has 8 nitrogen and oxygen atoms in total. The highest BCUT2D eigenvalue weighted by molar-refractivity contribution is 6.29. The first-order valence-electron chi connectivity index (χ1n) is 10.3. The number of alkyl halides is 2. The first kappa shape index (κ1) is 22.9. The fourth-order valence-corrected chi connectivity index (χ4v) is 4.22. The zero-order valence-electron chi connectivity index (χ0n) is 18.1. The molecule has 3 atom stereocenters. The number of pyridine rings is 1. The van der Waals surface area contributed by atoms with Crippen LogP contribution in [0.25, 0.3) is 10.9 Å². The Balaban J connectivity index is 1.82. The fraction of sp³-hybridized carbons (Fsp3) is 0.364. The summed E-state index contributed by atoms with van der Waals surface area (Å²) in [5.74, 6) is -1.07. The van der Waals surface area contributed by atoms with E-state index in [-0.39, 0.29) is 41.1 Å². The van der Waals surface area contributed by atoms with Gasteiger partial charge in [0.05, 0.1) is 35.7 Å². The van der Waals surface area contributed by atoms with Crippen molar-refractivity contribution in [3.05, 3.63) is 56.6 Å². The molecular weight excluding hydrogens is 456 g/mol. The number of aromatic nitrogens is 3. The number of benzene rings is 1. The Morgan fingerprint density at radius 1 is 1.24 bits per heavy atom. The van der Waals surface area contributed by atoms with Gasteiger partial charge in [-0.25, -0.2) is 23.5 Å². The molecule has 0 spiro atoms. The Labute approximate surface area is 192 Å². The van der Waals surface area contributed by atoms with Crippen LogP contribution in [0.4, 0.5) is 20.4 Å². The maximum absolute atomic E-state index is 13.8. The van der Waals surface area contributed by atoms with Gasteiger partial charge in [0, 0.05) is 12.6 Å². The maximum atomic E-state index is 13.8. The zero-order chi connectivity index (χ0) is 24.0. The molecule has 1 aliphatic heterocycles. The molecule has 174 valence electrons. The number of nitrogens with zero attached hydrogens (tertiary/aromatic N) is 4. The largest absolute Gasteiger partial charge is 0.476 e. The molecule has 2 N–H and O–H groups in total. The van der Waals surface area contributed by atoms with Gasteiger partial charge in [-0.2, -0.15) is 0 Å². The van der Waals surface area contributed by atoms with Gasteiger partial charge in [-0.1, -0.05) is 17.7 Å². The fourth-order valence-electron chi connectivity index (χ4n) is 4.07. The van der Waals surface area contributed by atoms with E-state index in [1.807, 2.05) is 13.0 Å². The average molecular weight is 478 g/mol. The number of aryl methyl sites for hydroxylation is 1. The molecule has 33 heavy (non-hydrogen) atoms. The zero-order valence-corrected chi connectivity index (χ0v) is 18.9. The maximum Gasteiger partial charge on any atom is 0.356 e. The van der Waals surface area contributed by atoms with Crippen molar-refractivity contribution in [1.82, 2.24) is 14.5 Å². The average Bonchev–Trinajstić information content (AvgIpc) is 3.09. The number of hydrogen-bond donors (Lipinski definition) is 2. The van der Waals surface area contributed by atoms with Gasteiger partial charge in [0.15, 0.2) is 18.0 Å². The van der Waals surface area contributed by atoms with Gasteiger partial charge >= 0.3 is 5.97 Å². The summed E-state index contributed by atoms with van der Waals surface area (Å²) in [6.07, 6.45) is -3.30. The molecule has 0 amide bonds. The second-order valence-electron chi connectivity index (χ2n) is 8.16. The highest BCUT2D eigenvalue weighted by Crippen LogP contribution is 2.30. The summed E-state index contributed by atoms with van der Waals surface area (Å²) < 4.78 is 28.9. The molecule has 11 heteroatoms. The van der Waals surface area contributed by atoms with Crippen LogP contribution in [0.3, 0.4) is 0 Å². The van der Waals surface area contributed by atoms with Crippen LogP contribution in [0, 0.1) is 6.92 Å². The molecule has 1 saturated heterocycles. The summed E-state index contributed by atoms with van der Waals surface area (Å²) in [6.45, 7) is 3.23. The normalized spacial score (nSPS) is 19.2. The number of fused-ring (bicyclic) bond motifs is 1. The first-order chi connectivity index (χ1) is 15.6. The topological polar surface area (TPSA) is 100 Å². The molecule has 3 aromatic rings. The smallest absolute Gasteiger partial charge is 0.356 e. The molecule has 0 bridgehead atoms. The van der Waals surface area contributed by atoms with Crippen LogP contribution in [-0.2, 0) is 7.05 Å². The minimum Gasteiger partial charge on any atom is -0.476 e. The Morgan fingerprint density at radius 3 is 2.55 bits per heavy atom. The van der Waals surface area contributed by atoms with E-state index in [4.69, 9.17) is 11.6 Å². The molecule has 0 aliphatic carbocycles. The number of halogens is 3. The summed E-state index contributed by atoms with van der Waals surface area (Å²) in [5.41, 5.74) is 1.47. The van der Waals surface area contributed by atoms with Crippen LogP contribution >= 0.6 is 11.6 Å². The highest BCUT2D eigenvalue weighted by atomic mass is 35.5. The minimum atomic E-state index is -1.65. The van der Waals surface area contributed by atoms with E-state index in [1.165, 1.54) is 28.6 Å². The number of anilines is 2. The quantitative estimate of drug-likeness (QED) is 0.541. The van der Waals surface area contributed by atoms with Gasteiger partial charge < -0.3 is 15.3 Å². The van der Waals surface area contributed by atoms with E-state index in [1.54, 1.807) is 13.0 Å². The lowest BCUT2D eigenvalue weighted by Gasteiger charge is -2.22. The molecule has 1 aliphatic rings. The molecule has 1 fully saturated rings. The summed E-state index contributed by atoms with van der Waals surface area (Å²) in [6, 6.07) is 6.04. The van der Waals surface area contributed by atoms with Gasteiger partial charge in [-0.05, 0) is 37.6 Å². The van der Waals surface area contributed by atoms with Crippen LogP contribution in [-0.4, -0.2) is 51.0 Å². The molecule has 3 heterocycles. The number of aromatic carboxylic acids is 1. The molecule has 0 saturated carbocycles. The van der Waals surface area contributed by atoms with Gasteiger partial charge in [-0.15, -0.1) is 0 Å². The van der Waals surface area contributed by atoms with Crippen LogP contribution in [0.1, 0.15) is 34.6 Å². The third kappa shape index (κ3) is 4.22. The van der Waals surface area contributed by atoms with Crippen molar-refractivity contribution >= 4 is 40.1 Å². The van der Waals surface area contributed by atoms with E-state index < -0.39 is 24.4 Å². The van der Waals surface area contributed by atoms with Gasteiger partial charge in [0.25, 0.3) is 5.56 Å². The van der Waals surface area contributed by atoms with Crippen molar-refractivity contribution in [1.29, 1.82) is 0 Å². The Bertz CT molecular complexity index is 1310. The van der Waals surface area contributed by atoms with E-state index in [0.717, 1.165) is 5.56 Å². The van der Waals surface area contributed by atoms with Crippen molar-refractivity contribution in [2.75, 3.05) is 23.3 Å². The van der Waals surface area contributed by atoms with Gasteiger partial charge in [-0.3, -0.25) is 9.36 Å². The molecular formula is C22H22ClF2N5O3. The molecule has 0 radical (unpaired) electrons. The number of nitrogens with one attached hydrogen (secondary N) is 1. The lowest BCUT2D eigenvalue weighted by Crippen LogP contribution is -2.31. The monoisotopic (exact) mass is 477 g/mol. The second-order valence-corrected chi connectivity index (χ2v) is 8.55. The number of carbonyl (C=O) groups is 1. The van der Waals surface area contributed by atoms with Crippen LogP contribution in [0.5, 0.6) is 0 Å². The number of carboxylic acids is 1. The van der Waals surface area contributed by atoms with Crippen LogP contribution in [0.2, 0.25) is 5.15 Å². The summed E-state index contributed by atoms with van der Waals surface area (Å²) in [5, 5.41) is 13.0. The predicted molar refractivity (Wildman–Crippen MR) is 122 cm³/mol. The van der Waals surface area contributed by atoms with Crippen molar-refractivity contribution in [2.24, 2.45) is 7.05 Å². The summed E-state index contributed by atoms with van der Waals surface area (Å²) >= 11 is 5.84. The van der Waals surface area contributed by atoms with E-state index in [2.05, 4.69) is 15.3 Å². The lowest BCUT2D eigenvalue weighted by atomic mass is 10.0. The Kier molecular flexibility index (Phi) is 5.96. The van der Waals surface area contributed by atoms with Crippen LogP contribution in [0.15, 0.2) is 29.1 Å². The van der Waals surface area contributed by atoms with E-state index in [0.29, 0.717) is 16.5 Å². The third-order valence-electron chi connectivity index (χ3n) is 5.70. The third-order valence-corrected chi connectivity index (χ3v) is 5.91. The van der Waals surface area contributed by atoms with Crippen molar-refractivity contribution in [2.45, 2.75) is 32.2 Å². The summed E-state index contributed by atoms with van der Waals surface area (Å²) in [4.78, 5) is 34.6. The highest BCUT2D eigenvalue weighted by Gasteiger charge is 2.35. The number of carboxylic acid groups (broad SMARTS) is 1. The standard InChI is InChI=1S/C22H22ClF2N5O3/c1-10-6-12(11(2)26-16-4-5-17(23)27-19(16)21(32)33)18-13(7-10)20(31)29(3)22(28-18)30-8-14(24)15(25)9-30/h4-7,11,14-15,26H,8-9H2,1-3H3,(H,32,33)/t11-,14-,15-/m0/s1. The van der Waals surface area contributed by atoms with Crippen LogP contribution < -0.4 is 15.8 Å². The Hall–Kier alpha value is -3.27. The Morgan fingerprint density at radius 2 is 1.91 bits per heavy atom. The molecule has 4 rings (SSSR count). The van der Waals surface area contributed by atoms with Crippen molar-refractivity contribution in [3.8, 4) is 0 Å². The minimum absolute atomic E-state index is 0.0457. The molecule has 0 unspecified atom stereocenters. The van der Waals surface area contributed by atoms with E-state index >= 15 is 0 Å². The van der Waals surface area contributed by atoms with E-state index in [9.17, 15) is 23.5 Å². The predicted octanol–water partition coefficient (Wildman–Crippen LogP) is 3.66. The van der Waals surface area contributed by atoms with Gasteiger partial charge in [0.2, 0.25) is 5.95 Å². The van der Waals surface area contributed by atoms with Crippen molar-refractivity contribution < 1.29 is 18.7 Å². The first-order valence-corrected chi connectivity index (χ1v) is 10.7.